The van der Waals surface area contributed by atoms with E-state index >= 15 is 0 Å². The Hall–Kier alpha value is -2.34. The van der Waals surface area contributed by atoms with Gasteiger partial charge in [0.1, 0.15) is 10.8 Å². The van der Waals surface area contributed by atoms with Gasteiger partial charge in [-0.3, -0.25) is 9.59 Å². The van der Waals surface area contributed by atoms with Gasteiger partial charge in [0.2, 0.25) is 5.91 Å². The van der Waals surface area contributed by atoms with Crippen LogP contribution >= 0.6 is 11.3 Å². The third kappa shape index (κ3) is 3.46. The van der Waals surface area contributed by atoms with Gasteiger partial charge < -0.3 is 15.8 Å². The van der Waals surface area contributed by atoms with Gasteiger partial charge in [-0.25, -0.2) is 0 Å². The molecule has 0 aliphatic heterocycles. The third-order valence-electron chi connectivity index (χ3n) is 5.67. The Morgan fingerprint density at radius 2 is 2.00 bits per heavy atom. The van der Waals surface area contributed by atoms with Gasteiger partial charge in [-0.05, 0) is 60.8 Å². The maximum Gasteiger partial charge on any atom is 0.251 e. The molecule has 1 heterocycles. The van der Waals surface area contributed by atoms with Crippen LogP contribution in [0.2, 0.25) is 0 Å². The number of hydrogen-bond donors (Lipinski definition) is 2. The minimum absolute atomic E-state index is 0.0232. The van der Waals surface area contributed by atoms with Crippen LogP contribution in [-0.4, -0.2) is 18.9 Å². The molecule has 2 aromatic rings. The molecule has 3 unspecified atom stereocenters. The zero-order chi connectivity index (χ0) is 19.1. The fourth-order valence-corrected chi connectivity index (χ4v) is 5.43. The number of nitrogens with two attached hydrogens (primary N) is 1. The molecular formula is C21H24N2O3S. The van der Waals surface area contributed by atoms with Crippen LogP contribution in [0.5, 0.6) is 5.75 Å². The lowest BCUT2D eigenvalue weighted by atomic mass is 9.88. The molecule has 0 bridgehead atoms. The normalized spacial score (nSPS) is 23.4. The number of anilines is 1. The van der Waals surface area contributed by atoms with E-state index in [4.69, 9.17) is 10.5 Å². The van der Waals surface area contributed by atoms with Crippen LogP contribution in [0.3, 0.4) is 0 Å². The summed E-state index contributed by atoms with van der Waals surface area (Å²) < 4.78 is 5.18. The molecule has 142 valence electrons. The number of nitrogens with one attached hydrogen (secondary N) is 1. The van der Waals surface area contributed by atoms with Gasteiger partial charge in [0, 0.05) is 10.8 Å². The van der Waals surface area contributed by atoms with Crippen LogP contribution in [0, 0.1) is 11.8 Å². The quantitative estimate of drug-likeness (QED) is 0.824. The average Bonchev–Trinajstić information content (AvgIpc) is 3.37. The number of benzene rings is 1. The zero-order valence-corrected chi connectivity index (χ0v) is 16.4. The lowest BCUT2D eigenvalue weighted by molar-refractivity contribution is -0.117. The number of carbonyl (C=O) groups excluding carboxylic acids is 2. The van der Waals surface area contributed by atoms with Crippen LogP contribution in [-0.2, 0) is 17.6 Å². The van der Waals surface area contributed by atoms with Crippen molar-refractivity contribution in [3.05, 3.63) is 45.8 Å². The first-order chi connectivity index (χ1) is 13.0. The molecule has 2 aliphatic carbocycles. The van der Waals surface area contributed by atoms with Crippen molar-refractivity contribution in [1.29, 1.82) is 0 Å². The van der Waals surface area contributed by atoms with E-state index in [1.807, 2.05) is 24.3 Å². The van der Waals surface area contributed by atoms with Crippen molar-refractivity contribution in [2.45, 2.75) is 38.5 Å². The second kappa shape index (κ2) is 7.00. The second-order valence-corrected chi connectivity index (χ2v) is 8.74. The number of fused-ring (bicyclic) bond motifs is 1. The van der Waals surface area contributed by atoms with E-state index in [0.29, 0.717) is 16.5 Å². The number of methoxy groups -OCH3 is 1. The largest absolute Gasteiger partial charge is 0.497 e. The molecular weight excluding hydrogens is 360 g/mol. The summed E-state index contributed by atoms with van der Waals surface area (Å²) in [7, 11) is 1.64. The van der Waals surface area contributed by atoms with Crippen molar-refractivity contribution in [2.24, 2.45) is 17.6 Å². The SMILES string of the molecule is COc1ccc(C2CC2C(=O)Nc2sc3c(c2C(N)=O)CCC(C)C3)cc1. The Balaban J connectivity index is 1.49. The lowest BCUT2D eigenvalue weighted by Gasteiger charge is -2.18. The first kappa shape index (κ1) is 18.0. The molecule has 27 heavy (non-hydrogen) atoms. The van der Waals surface area contributed by atoms with Crippen molar-refractivity contribution >= 4 is 28.2 Å². The monoisotopic (exact) mass is 384 g/mol. The minimum atomic E-state index is -0.445. The molecule has 3 N–H and O–H groups in total. The van der Waals surface area contributed by atoms with Gasteiger partial charge in [0.05, 0.1) is 12.7 Å². The molecule has 3 atom stereocenters. The van der Waals surface area contributed by atoms with Gasteiger partial charge >= 0.3 is 0 Å². The first-order valence-electron chi connectivity index (χ1n) is 9.37. The molecule has 1 aromatic heterocycles. The van der Waals surface area contributed by atoms with Crippen LogP contribution in [0.4, 0.5) is 5.00 Å². The summed E-state index contributed by atoms with van der Waals surface area (Å²) in [6, 6.07) is 7.86. The highest BCUT2D eigenvalue weighted by Gasteiger charge is 2.44. The van der Waals surface area contributed by atoms with Gasteiger partial charge in [0.15, 0.2) is 0 Å². The van der Waals surface area contributed by atoms with E-state index in [0.717, 1.165) is 42.6 Å². The van der Waals surface area contributed by atoms with Gasteiger partial charge in [0.25, 0.3) is 5.91 Å². The molecule has 2 amide bonds. The topological polar surface area (TPSA) is 81.4 Å². The Morgan fingerprint density at radius 3 is 2.67 bits per heavy atom. The molecule has 2 aliphatic rings. The van der Waals surface area contributed by atoms with Crippen LogP contribution in [0.25, 0.3) is 0 Å². The Labute approximate surface area is 162 Å². The maximum absolute atomic E-state index is 12.8. The number of primary amides is 1. The average molecular weight is 385 g/mol. The standard InChI is InChI=1S/C21H24N2O3S/c1-11-3-8-14-17(9-11)27-21(18(14)19(22)24)23-20(25)16-10-15(16)12-4-6-13(26-2)7-5-12/h4-7,11,15-16H,3,8-10H2,1-2H3,(H2,22,24)(H,23,25). The van der Waals surface area contributed by atoms with Crippen LogP contribution in [0.15, 0.2) is 24.3 Å². The summed E-state index contributed by atoms with van der Waals surface area (Å²) in [6.45, 7) is 2.22. The second-order valence-electron chi connectivity index (χ2n) is 7.63. The predicted octanol–water partition coefficient (Wildman–Crippen LogP) is 3.72. The fraction of sp³-hybridized carbons (Fsp3) is 0.429. The molecule has 0 spiro atoms. The van der Waals surface area contributed by atoms with Crippen molar-refractivity contribution in [3.63, 3.8) is 0 Å². The van der Waals surface area contributed by atoms with Crippen molar-refractivity contribution < 1.29 is 14.3 Å². The highest BCUT2D eigenvalue weighted by molar-refractivity contribution is 7.17. The number of ether oxygens (including phenoxy) is 1. The van der Waals surface area contributed by atoms with E-state index < -0.39 is 5.91 Å². The highest BCUT2D eigenvalue weighted by Crippen LogP contribution is 2.49. The van der Waals surface area contributed by atoms with Gasteiger partial charge in [-0.15, -0.1) is 11.3 Å². The zero-order valence-electron chi connectivity index (χ0n) is 15.6. The molecule has 1 fully saturated rings. The van der Waals surface area contributed by atoms with E-state index in [2.05, 4.69) is 12.2 Å². The van der Waals surface area contributed by atoms with E-state index in [-0.39, 0.29) is 17.7 Å². The summed E-state index contributed by atoms with van der Waals surface area (Å²) in [5, 5.41) is 3.63. The first-order valence-corrected chi connectivity index (χ1v) is 10.2. The minimum Gasteiger partial charge on any atom is -0.497 e. The highest BCUT2D eigenvalue weighted by atomic mass is 32.1. The van der Waals surface area contributed by atoms with Crippen LogP contribution in [0.1, 0.15) is 52.0 Å². The van der Waals surface area contributed by atoms with E-state index in [1.165, 1.54) is 16.2 Å². The molecule has 1 saturated carbocycles. The number of hydrogen-bond acceptors (Lipinski definition) is 4. The van der Waals surface area contributed by atoms with Crippen molar-refractivity contribution in [2.75, 3.05) is 12.4 Å². The number of amides is 2. The Morgan fingerprint density at radius 1 is 1.26 bits per heavy atom. The lowest BCUT2D eigenvalue weighted by Crippen LogP contribution is -2.20. The summed E-state index contributed by atoms with van der Waals surface area (Å²) >= 11 is 1.52. The number of rotatable bonds is 5. The third-order valence-corrected chi connectivity index (χ3v) is 6.84. The fourth-order valence-electron chi connectivity index (χ4n) is 4.01. The van der Waals surface area contributed by atoms with Crippen LogP contribution < -0.4 is 15.8 Å². The number of carbonyl (C=O) groups is 2. The van der Waals surface area contributed by atoms with E-state index in [9.17, 15) is 9.59 Å². The molecule has 0 radical (unpaired) electrons. The maximum atomic E-state index is 12.8. The van der Waals surface area contributed by atoms with Crippen molar-refractivity contribution in [1.82, 2.24) is 0 Å². The van der Waals surface area contributed by atoms with Gasteiger partial charge in [-0.2, -0.15) is 0 Å². The predicted molar refractivity (Wildman–Crippen MR) is 106 cm³/mol. The Kier molecular flexibility index (Phi) is 4.68. The summed E-state index contributed by atoms with van der Waals surface area (Å²) in [5.74, 6) is 1.11. The smallest absolute Gasteiger partial charge is 0.251 e. The van der Waals surface area contributed by atoms with Gasteiger partial charge in [-0.1, -0.05) is 19.1 Å². The Bertz CT molecular complexity index is 888. The molecule has 6 heteroatoms. The van der Waals surface area contributed by atoms with Crippen molar-refractivity contribution in [3.8, 4) is 5.75 Å². The van der Waals surface area contributed by atoms with E-state index in [1.54, 1.807) is 7.11 Å². The summed E-state index contributed by atoms with van der Waals surface area (Å²) in [5.41, 5.74) is 8.35. The summed E-state index contributed by atoms with van der Waals surface area (Å²) in [6.07, 6.45) is 3.69. The molecule has 4 rings (SSSR count). The molecule has 5 nitrogen and oxygen atoms in total. The summed E-state index contributed by atoms with van der Waals surface area (Å²) in [4.78, 5) is 26.0. The number of thiophene rings is 1. The molecule has 0 saturated heterocycles. The molecule has 1 aromatic carbocycles.